The quantitative estimate of drug-likeness (QED) is 0.263. The summed E-state index contributed by atoms with van der Waals surface area (Å²) in [5.74, 6) is -6.53. The van der Waals surface area contributed by atoms with E-state index < -0.39 is 41.3 Å². The van der Waals surface area contributed by atoms with Gasteiger partial charge in [0.15, 0.2) is 11.6 Å². The molecule has 1 aromatic heterocycles. The van der Waals surface area contributed by atoms with Gasteiger partial charge in [0.05, 0.1) is 25.0 Å². The molecule has 2 aromatic rings. The summed E-state index contributed by atoms with van der Waals surface area (Å²) in [7, 11) is 2.53. The number of piperidine rings is 1. The molecule has 2 aliphatic rings. The van der Waals surface area contributed by atoms with Gasteiger partial charge in [-0.2, -0.15) is 0 Å². The van der Waals surface area contributed by atoms with Gasteiger partial charge in [0.2, 0.25) is 11.8 Å². The van der Waals surface area contributed by atoms with E-state index in [1.165, 1.54) is 13.2 Å². The Morgan fingerprint density at radius 3 is 2.55 bits per heavy atom. The Morgan fingerprint density at radius 2 is 1.90 bits per heavy atom. The highest BCUT2D eigenvalue weighted by molar-refractivity contribution is 6.07. The minimum atomic E-state index is -1.41. The number of nitrogens with one attached hydrogen (secondary N) is 2. The Morgan fingerprint density at radius 1 is 1.12 bits per heavy atom. The first-order valence-corrected chi connectivity index (χ1v) is 13.3. The van der Waals surface area contributed by atoms with Crippen molar-refractivity contribution in [2.45, 2.75) is 31.1 Å². The van der Waals surface area contributed by atoms with Crippen molar-refractivity contribution in [2.75, 3.05) is 47.0 Å². The van der Waals surface area contributed by atoms with Crippen LogP contribution in [-0.4, -0.2) is 74.7 Å². The molecular formula is C29H34F2N4O5. The van der Waals surface area contributed by atoms with E-state index in [2.05, 4.69) is 26.6 Å². The van der Waals surface area contributed by atoms with E-state index >= 15 is 0 Å². The molecule has 1 aromatic carbocycles. The number of pyridine rings is 1. The van der Waals surface area contributed by atoms with Gasteiger partial charge in [-0.1, -0.05) is 12.1 Å². The van der Waals surface area contributed by atoms with E-state index in [0.717, 1.165) is 57.4 Å². The van der Waals surface area contributed by atoms with Gasteiger partial charge in [-0.3, -0.25) is 14.6 Å². The van der Waals surface area contributed by atoms with E-state index in [4.69, 9.17) is 9.47 Å². The molecule has 1 saturated heterocycles. The van der Waals surface area contributed by atoms with Crippen LogP contribution in [0.25, 0.3) is 0 Å². The molecule has 2 atom stereocenters. The number of aromatic nitrogens is 1. The molecule has 40 heavy (non-hydrogen) atoms. The molecule has 2 aliphatic heterocycles. The Kier molecular flexibility index (Phi) is 9.94. The maximum Gasteiger partial charge on any atom is 0.336 e. The number of hydrogen-bond acceptors (Lipinski definition) is 7. The zero-order chi connectivity index (χ0) is 28.6. The smallest absolute Gasteiger partial charge is 0.336 e. The molecule has 2 amide bonds. The van der Waals surface area contributed by atoms with Gasteiger partial charge in [-0.25, -0.2) is 13.6 Å². The van der Waals surface area contributed by atoms with Gasteiger partial charge in [0.1, 0.15) is 5.92 Å². The topological polar surface area (TPSA) is 110 Å². The van der Waals surface area contributed by atoms with Crippen molar-refractivity contribution >= 4 is 17.8 Å². The number of carbonyl (C=O) groups is 3. The fraction of sp³-hybridized carbons (Fsp3) is 0.448. The first-order valence-electron chi connectivity index (χ1n) is 13.3. The van der Waals surface area contributed by atoms with Crippen molar-refractivity contribution in [3.05, 3.63) is 76.8 Å². The van der Waals surface area contributed by atoms with E-state index in [1.54, 1.807) is 0 Å². The summed E-state index contributed by atoms with van der Waals surface area (Å²) in [5.41, 5.74) is 1.27. The van der Waals surface area contributed by atoms with Crippen LogP contribution in [0.2, 0.25) is 0 Å². The van der Waals surface area contributed by atoms with Crippen LogP contribution >= 0.6 is 0 Å². The van der Waals surface area contributed by atoms with Gasteiger partial charge in [-0.15, -0.1) is 0 Å². The highest BCUT2D eigenvalue weighted by atomic mass is 19.2. The molecular weight excluding hydrogens is 522 g/mol. The number of rotatable bonds is 10. The van der Waals surface area contributed by atoms with Crippen LogP contribution in [0.1, 0.15) is 42.4 Å². The van der Waals surface area contributed by atoms with Crippen molar-refractivity contribution in [2.24, 2.45) is 5.92 Å². The summed E-state index contributed by atoms with van der Waals surface area (Å²) in [6.45, 7) is 2.77. The Balaban J connectivity index is 1.43. The predicted octanol–water partition coefficient (Wildman–Crippen LogP) is 2.65. The number of amides is 2. The van der Waals surface area contributed by atoms with E-state index in [1.807, 2.05) is 18.3 Å². The van der Waals surface area contributed by atoms with Crippen molar-refractivity contribution in [1.82, 2.24) is 20.5 Å². The lowest BCUT2D eigenvalue weighted by Crippen LogP contribution is -2.50. The number of benzene rings is 1. The average molecular weight is 557 g/mol. The summed E-state index contributed by atoms with van der Waals surface area (Å²) in [4.78, 5) is 46.1. The maximum atomic E-state index is 14.2. The van der Waals surface area contributed by atoms with E-state index in [9.17, 15) is 23.2 Å². The number of likely N-dealkylation sites (tertiary alicyclic amines) is 1. The molecule has 9 nitrogen and oxygen atoms in total. The Labute approximate surface area is 231 Å². The van der Waals surface area contributed by atoms with Gasteiger partial charge < -0.3 is 25.0 Å². The van der Waals surface area contributed by atoms with Gasteiger partial charge >= 0.3 is 5.97 Å². The molecule has 1 fully saturated rings. The minimum Gasteiger partial charge on any atom is -0.466 e. The molecule has 0 aliphatic carbocycles. The monoisotopic (exact) mass is 556 g/mol. The van der Waals surface area contributed by atoms with Crippen LogP contribution in [0, 0.1) is 17.6 Å². The number of esters is 1. The summed E-state index contributed by atoms with van der Waals surface area (Å²) in [6.07, 6.45) is 4.48. The van der Waals surface area contributed by atoms with Crippen LogP contribution in [0.3, 0.4) is 0 Å². The van der Waals surface area contributed by atoms with E-state index in [-0.39, 0.29) is 23.4 Å². The molecule has 11 heteroatoms. The SMILES string of the molecule is COCC1=C(C(=O)OC)[C@H](c2ccc(F)c(F)c2)C(C(=O)NCCCN2CCC(c3ccccn3)CC2)C(=O)N1. The predicted molar refractivity (Wildman–Crippen MR) is 142 cm³/mol. The number of ether oxygens (including phenoxy) is 2. The minimum absolute atomic E-state index is 0.0501. The second kappa shape index (κ2) is 13.6. The Hall–Kier alpha value is -3.70. The fourth-order valence-electron chi connectivity index (χ4n) is 5.45. The molecule has 0 saturated carbocycles. The standard InChI is InChI=1S/C29H34F2N4O5/c1-39-17-23-25(29(38)40-2)24(19-7-8-20(30)21(31)16-19)26(28(37)34-23)27(36)33-12-5-13-35-14-9-18(10-15-35)22-6-3-4-11-32-22/h3-4,6-8,11,16,18,24,26H,5,9-10,12-15,17H2,1-2H3,(H,33,36)(H,34,37)/t24-,26?/m0/s1. The fourth-order valence-corrected chi connectivity index (χ4v) is 5.45. The average Bonchev–Trinajstić information content (AvgIpc) is 2.97. The summed E-state index contributed by atoms with van der Waals surface area (Å²) in [5, 5.41) is 5.37. The molecule has 0 spiro atoms. The highest BCUT2D eigenvalue weighted by Gasteiger charge is 2.46. The third-order valence-electron chi connectivity index (χ3n) is 7.45. The summed E-state index contributed by atoms with van der Waals surface area (Å²) in [6, 6.07) is 9.02. The van der Waals surface area contributed by atoms with Crippen molar-refractivity contribution in [1.29, 1.82) is 0 Å². The zero-order valence-corrected chi connectivity index (χ0v) is 22.6. The summed E-state index contributed by atoms with van der Waals surface area (Å²) >= 11 is 0. The second-order valence-corrected chi connectivity index (χ2v) is 9.95. The third-order valence-corrected chi connectivity index (χ3v) is 7.45. The van der Waals surface area contributed by atoms with Crippen molar-refractivity contribution in [3.8, 4) is 0 Å². The highest BCUT2D eigenvalue weighted by Crippen LogP contribution is 2.38. The van der Waals surface area contributed by atoms with Crippen LogP contribution in [0.5, 0.6) is 0 Å². The molecule has 2 N–H and O–H groups in total. The number of methoxy groups -OCH3 is 2. The first-order chi connectivity index (χ1) is 19.3. The lowest BCUT2D eigenvalue weighted by Gasteiger charge is -2.34. The molecule has 0 radical (unpaired) electrons. The number of hydrogen-bond donors (Lipinski definition) is 2. The lowest BCUT2D eigenvalue weighted by atomic mass is 9.76. The lowest BCUT2D eigenvalue weighted by molar-refractivity contribution is -0.139. The van der Waals surface area contributed by atoms with Crippen LogP contribution in [-0.2, 0) is 23.9 Å². The zero-order valence-electron chi connectivity index (χ0n) is 22.6. The third kappa shape index (κ3) is 6.71. The molecule has 3 heterocycles. The van der Waals surface area contributed by atoms with Crippen molar-refractivity contribution < 1.29 is 32.6 Å². The normalized spacial score (nSPS) is 20.2. The number of carbonyl (C=O) groups excluding carboxylic acids is 3. The molecule has 4 rings (SSSR count). The molecule has 214 valence electrons. The largest absolute Gasteiger partial charge is 0.466 e. The summed E-state index contributed by atoms with van der Waals surface area (Å²) < 4.78 is 38.0. The van der Waals surface area contributed by atoms with Crippen LogP contribution in [0.15, 0.2) is 53.9 Å². The van der Waals surface area contributed by atoms with Crippen LogP contribution < -0.4 is 10.6 Å². The van der Waals surface area contributed by atoms with Crippen molar-refractivity contribution in [3.63, 3.8) is 0 Å². The van der Waals surface area contributed by atoms with Gasteiger partial charge in [-0.05, 0) is 68.7 Å². The molecule has 1 unspecified atom stereocenters. The number of halogens is 2. The van der Waals surface area contributed by atoms with Gasteiger partial charge in [0.25, 0.3) is 0 Å². The Bertz CT molecular complexity index is 1250. The van der Waals surface area contributed by atoms with Gasteiger partial charge in [0, 0.05) is 37.4 Å². The first kappa shape index (κ1) is 29.3. The maximum absolute atomic E-state index is 14.2. The second-order valence-electron chi connectivity index (χ2n) is 9.95. The molecule has 0 bridgehead atoms. The van der Waals surface area contributed by atoms with Crippen LogP contribution in [0.4, 0.5) is 8.78 Å². The number of nitrogens with zero attached hydrogens (tertiary/aromatic N) is 2. The van der Waals surface area contributed by atoms with E-state index in [0.29, 0.717) is 18.9 Å².